The van der Waals surface area contributed by atoms with Crippen molar-refractivity contribution in [2.75, 3.05) is 20.3 Å². The van der Waals surface area contributed by atoms with Gasteiger partial charge in [-0.25, -0.2) is 4.79 Å². The molecule has 2 rings (SSSR count). The number of rotatable bonds is 8. The maximum absolute atomic E-state index is 13.0. The van der Waals surface area contributed by atoms with E-state index < -0.39 is 5.97 Å². The summed E-state index contributed by atoms with van der Waals surface area (Å²) in [5.41, 5.74) is 0.765. The van der Waals surface area contributed by atoms with Gasteiger partial charge in [-0.05, 0) is 86.1 Å². The molecule has 1 saturated heterocycles. The zero-order valence-corrected chi connectivity index (χ0v) is 20.4. The minimum atomic E-state index is -0.491. The Labute approximate surface area is 190 Å². The minimum absolute atomic E-state index is 0.00761. The van der Waals surface area contributed by atoms with Crippen molar-refractivity contribution in [1.82, 2.24) is 4.90 Å². The van der Waals surface area contributed by atoms with E-state index in [2.05, 4.69) is 25.7 Å². The average Bonchev–Trinajstić information content (AvgIpc) is 2.95. The van der Waals surface area contributed by atoms with Crippen molar-refractivity contribution in [2.24, 2.45) is 4.99 Å². The molecule has 0 radical (unpaired) electrons. The van der Waals surface area contributed by atoms with E-state index in [0.29, 0.717) is 32.7 Å². The van der Waals surface area contributed by atoms with E-state index in [-0.39, 0.29) is 24.6 Å². The van der Waals surface area contributed by atoms with Crippen molar-refractivity contribution in [2.45, 2.75) is 46.7 Å². The van der Waals surface area contributed by atoms with Crippen LogP contribution in [0.4, 0.5) is 0 Å². The van der Waals surface area contributed by atoms with Gasteiger partial charge in [0.25, 0.3) is 5.91 Å². The summed E-state index contributed by atoms with van der Waals surface area (Å²) in [6, 6.07) is 3.69. The van der Waals surface area contributed by atoms with Crippen LogP contribution in [0.5, 0.6) is 11.5 Å². The fraction of sp³-hybridized carbons (Fsp3) is 0.476. The second kappa shape index (κ2) is 10.9. The lowest BCUT2D eigenvalue weighted by atomic mass is 10.1. The summed E-state index contributed by atoms with van der Waals surface area (Å²) in [5, 5.41) is 0.707. The van der Waals surface area contributed by atoms with E-state index >= 15 is 0 Å². The summed E-state index contributed by atoms with van der Waals surface area (Å²) in [5.74, 6) is 0.305. The van der Waals surface area contributed by atoms with Gasteiger partial charge in [0, 0.05) is 12.1 Å². The SMILES string of the molecule is CCOc1cc(/C=C2/SC(=NC(C)C)N(C(C)C)C2=O)cc(Br)c1OCC(=O)OC. The van der Waals surface area contributed by atoms with Gasteiger partial charge in [-0.15, -0.1) is 0 Å². The van der Waals surface area contributed by atoms with Gasteiger partial charge >= 0.3 is 5.97 Å². The molecule has 7 nitrogen and oxygen atoms in total. The molecular formula is C21H27BrN2O5S. The first-order valence-corrected chi connectivity index (χ1v) is 11.3. The summed E-state index contributed by atoms with van der Waals surface area (Å²) in [4.78, 5) is 31.3. The monoisotopic (exact) mass is 498 g/mol. The van der Waals surface area contributed by atoms with E-state index in [1.165, 1.54) is 18.9 Å². The number of carbonyl (C=O) groups excluding carboxylic acids is 2. The van der Waals surface area contributed by atoms with Crippen molar-refractivity contribution in [3.8, 4) is 11.5 Å². The number of thioether (sulfide) groups is 1. The first-order valence-electron chi connectivity index (χ1n) is 9.64. The molecule has 1 aliphatic heterocycles. The van der Waals surface area contributed by atoms with Gasteiger partial charge in [0.1, 0.15) is 0 Å². The Morgan fingerprint density at radius 2 is 1.97 bits per heavy atom. The third kappa shape index (κ3) is 6.01. The van der Waals surface area contributed by atoms with E-state index in [1.807, 2.05) is 46.8 Å². The molecule has 1 aromatic rings. The van der Waals surface area contributed by atoms with Crippen LogP contribution >= 0.6 is 27.7 Å². The molecule has 9 heteroatoms. The molecule has 0 bridgehead atoms. The Kier molecular flexibility index (Phi) is 8.78. The highest BCUT2D eigenvalue weighted by Gasteiger charge is 2.35. The predicted octanol–water partition coefficient (Wildman–Crippen LogP) is 4.49. The predicted molar refractivity (Wildman–Crippen MR) is 123 cm³/mol. The van der Waals surface area contributed by atoms with Gasteiger partial charge in [0.05, 0.1) is 23.1 Å². The molecule has 0 aliphatic carbocycles. The molecule has 0 atom stereocenters. The second-order valence-electron chi connectivity index (χ2n) is 7.01. The molecule has 1 fully saturated rings. The number of nitrogens with zero attached hydrogens (tertiary/aromatic N) is 2. The zero-order valence-electron chi connectivity index (χ0n) is 18.0. The summed E-state index contributed by atoms with van der Waals surface area (Å²) in [7, 11) is 1.30. The molecule has 0 saturated carbocycles. The fourth-order valence-electron chi connectivity index (χ4n) is 2.67. The number of hydrogen-bond donors (Lipinski definition) is 0. The van der Waals surface area contributed by atoms with E-state index in [0.717, 1.165) is 5.56 Å². The first kappa shape index (κ1) is 24.3. The molecular weight excluding hydrogens is 472 g/mol. The number of benzene rings is 1. The number of amides is 1. The first-order chi connectivity index (χ1) is 14.2. The maximum Gasteiger partial charge on any atom is 0.343 e. The van der Waals surface area contributed by atoms with Gasteiger partial charge in [-0.2, -0.15) is 0 Å². The number of amidine groups is 1. The Balaban J connectivity index is 2.40. The summed E-state index contributed by atoms with van der Waals surface area (Å²) in [6.45, 7) is 9.94. The van der Waals surface area contributed by atoms with Gasteiger partial charge in [0.15, 0.2) is 23.3 Å². The molecule has 0 aromatic heterocycles. The fourth-order valence-corrected chi connectivity index (χ4v) is 4.48. The van der Waals surface area contributed by atoms with Crippen LogP contribution in [0.15, 0.2) is 26.5 Å². The van der Waals surface area contributed by atoms with Crippen LogP contribution in [0.25, 0.3) is 6.08 Å². The number of aliphatic imine (C=N–C) groups is 1. The number of esters is 1. The Bertz CT molecular complexity index is 867. The van der Waals surface area contributed by atoms with Gasteiger partial charge in [-0.1, -0.05) is 0 Å². The van der Waals surface area contributed by atoms with Crippen molar-refractivity contribution >= 4 is 50.8 Å². The number of methoxy groups -OCH3 is 1. The standard InChI is InChI=1S/C21H27BrN2O5S/c1-7-28-16-9-14(8-15(22)19(16)29-11-18(25)27-6)10-17-20(26)24(13(4)5)21(30-17)23-12(2)3/h8-10,12-13H,7,11H2,1-6H3/b17-10+,23-21?. The average molecular weight is 499 g/mol. The molecule has 164 valence electrons. The Morgan fingerprint density at radius 3 is 2.53 bits per heavy atom. The topological polar surface area (TPSA) is 77.4 Å². The summed E-state index contributed by atoms with van der Waals surface area (Å²) >= 11 is 4.84. The molecule has 1 heterocycles. The van der Waals surface area contributed by atoms with Gasteiger partial charge < -0.3 is 14.2 Å². The molecule has 30 heavy (non-hydrogen) atoms. The van der Waals surface area contributed by atoms with Gasteiger partial charge in [0.2, 0.25) is 0 Å². The highest BCUT2D eigenvalue weighted by atomic mass is 79.9. The maximum atomic E-state index is 13.0. The molecule has 0 spiro atoms. The van der Waals surface area contributed by atoms with Crippen LogP contribution < -0.4 is 9.47 Å². The third-order valence-corrected chi connectivity index (χ3v) is 5.50. The third-order valence-electron chi connectivity index (χ3n) is 3.91. The largest absolute Gasteiger partial charge is 0.490 e. The summed E-state index contributed by atoms with van der Waals surface area (Å²) < 4.78 is 16.5. The molecule has 0 unspecified atom stereocenters. The second-order valence-corrected chi connectivity index (χ2v) is 8.88. The highest BCUT2D eigenvalue weighted by Crippen LogP contribution is 2.39. The van der Waals surface area contributed by atoms with Crippen LogP contribution in [0.2, 0.25) is 0 Å². The van der Waals surface area contributed by atoms with Crippen molar-refractivity contribution < 1.29 is 23.8 Å². The normalized spacial score (nSPS) is 16.8. The Hall–Kier alpha value is -2.00. The Morgan fingerprint density at radius 1 is 1.27 bits per heavy atom. The zero-order chi connectivity index (χ0) is 22.4. The number of carbonyl (C=O) groups is 2. The lowest BCUT2D eigenvalue weighted by molar-refractivity contribution is -0.143. The van der Waals surface area contributed by atoms with Crippen molar-refractivity contribution in [3.05, 3.63) is 27.1 Å². The lowest BCUT2D eigenvalue weighted by Crippen LogP contribution is -2.35. The number of ether oxygens (including phenoxy) is 3. The van der Waals surface area contributed by atoms with Crippen LogP contribution in [0.3, 0.4) is 0 Å². The number of halogens is 1. The van der Waals surface area contributed by atoms with Gasteiger partial charge in [-0.3, -0.25) is 14.7 Å². The van der Waals surface area contributed by atoms with E-state index in [4.69, 9.17) is 9.47 Å². The quantitative estimate of drug-likeness (QED) is 0.388. The molecule has 0 N–H and O–H groups in total. The molecule has 1 aromatic carbocycles. The highest BCUT2D eigenvalue weighted by molar-refractivity contribution is 9.10. The lowest BCUT2D eigenvalue weighted by Gasteiger charge is -2.20. The minimum Gasteiger partial charge on any atom is -0.490 e. The number of hydrogen-bond acceptors (Lipinski definition) is 7. The van der Waals surface area contributed by atoms with Crippen LogP contribution in [0.1, 0.15) is 40.2 Å². The van der Waals surface area contributed by atoms with Crippen LogP contribution in [-0.2, 0) is 14.3 Å². The van der Waals surface area contributed by atoms with E-state index in [9.17, 15) is 9.59 Å². The van der Waals surface area contributed by atoms with E-state index in [1.54, 1.807) is 11.0 Å². The van der Waals surface area contributed by atoms with Crippen molar-refractivity contribution in [3.63, 3.8) is 0 Å². The van der Waals surface area contributed by atoms with Crippen molar-refractivity contribution in [1.29, 1.82) is 0 Å². The summed E-state index contributed by atoms with van der Waals surface area (Å²) in [6.07, 6.45) is 1.81. The van der Waals surface area contributed by atoms with Crippen LogP contribution in [-0.4, -0.2) is 54.4 Å². The molecule has 1 aliphatic rings. The smallest absolute Gasteiger partial charge is 0.343 e. The molecule has 1 amide bonds. The van der Waals surface area contributed by atoms with Crippen LogP contribution in [0, 0.1) is 0 Å².